The highest BCUT2D eigenvalue weighted by molar-refractivity contribution is 7.92. The zero-order chi connectivity index (χ0) is 23.6. The van der Waals surface area contributed by atoms with Gasteiger partial charge in [-0.2, -0.15) is 0 Å². The maximum atomic E-state index is 13.7. The number of nitrogens with zero attached hydrogens (tertiary/aromatic N) is 3. The number of carbonyl (C=O) groups excluding carboxylic acids is 1. The first-order valence-electron chi connectivity index (χ1n) is 11.3. The molecule has 8 nitrogen and oxygen atoms in total. The normalized spacial score (nSPS) is 16.3. The lowest BCUT2D eigenvalue weighted by Gasteiger charge is -2.25. The van der Waals surface area contributed by atoms with Crippen LogP contribution in [-0.4, -0.2) is 60.3 Å². The number of fused-ring (bicyclic) bond motifs is 1. The number of nitrogens with one attached hydrogen (secondary N) is 1. The van der Waals surface area contributed by atoms with Gasteiger partial charge >= 0.3 is 0 Å². The molecule has 9 heteroatoms. The predicted molar refractivity (Wildman–Crippen MR) is 130 cm³/mol. The van der Waals surface area contributed by atoms with Gasteiger partial charge in [0.2, 0.25) is 10.0 Å². The van der Waals surface area contributed by atoms with Crippen molar-refractivity contribution in [1.82, 2.24) is 14.5 Å². The Bertz CT molecular complexity index is 1250. The van der Waals surface area contributed by atoms with Gasteiger partial charge in [0.1, 0.15) is 5.82 Å². The first-order chi connectivity index (χ1) is 15.8. The molecule has 0 aliphatic carbocycles. The molecule has 2 aromatic carbocycles. The Balaban J connectivity index is 1.84. The first kappa shape index (κ1) is 23.3. The quantitative estimate of drug-likeness (QED) is 0.543. The Hall–Kier alpha value is -2.91. The second-order valence-corrected chi connectivity index (χ2v) is 10.2. The smallest absolute Gasteiger partial charge is 0.256 e. The fourth-order valence-corrected chi connectivity index (χ4v) is 4.85. The van der Waals surface area contributed by atoms with Crippen LogP contribution in [0.1, 0.15) is 37.0 Å². The minimum atomic E-state index is -3.51. The molecule has 1 N–H and O–H groups in total. The monoisotopic (exact) mass is 470 g/mol. The van der Waals surface area contributed by atoms with E-state index in [0.29, 0.717) is 41.2 Å². The van der Waals surface area contributed by atoms with Crippen LogP contribution in [-0.2, 0) is 21.8 Å². The van der Waals surface area contributed by atoms with Gasteiger partial charge in [-0.25, -0.2) is 13.4 Å². The highest BCUT2D eigenvalue weighted by Crippen LogP contribution is 2.30. The Morgan fingerprint density at radius 3 is 2.64 bits per heavy atom. The predicted octanol–water partition coefficient (Wildman–Crippen LogP) is 3.64. The van der Waals surface area contributed by atoms with Gasteiger partial charge in [0.05, 0.1) is 34.1 Å². The molecule has 1 saturated heterocycles. The molecule has 1 fully saturated rings. The zero-order valence-corrected chi connectivity index (χ0v) is 20.1. The highest BCUT2D eigenvalue weighted by Gasteiger charge is 2.26. The van der Waals surface area contributed by atoms with Crippen molar-refractivity contribution < 1.29 is 17.9 Å². The molecule has 2 heterocycles. The fourth-order valence-electron chi connectivity index (χ4n) is 4.23. The van der Waals surface area contributed by atoms with Gasteiger partial charge in [0.25, 0.3) is 5.91 Å². The summed E-state index contributed by atoms with van der Waals surface area (Å²) in [5.41, 5.74) is 2.89. The molecule has 176 valence electrons. The van der Waals surface area contributed by atoms with E-state index < -0.39 is 10.0 Å². The Morgan fingerprint density at radius 2 is 2.00 bits per heavy atom. The van der Waals surface area contributed by atoms with Gasteiger partial charge < -0.3 is 14.2 Å². The van der Waals surface area contributed by atoms with E-state index in [9.17, 15) is 13.2 Å². The summed E-state index contributed by atoms with van der Waals surface area (Å²) in [7, 11) is -1.64. The van der Waals surface area contributed by atoms with E-state index >= 15 is 0 Å². The second-order valence-electron chi connectivity index (χ2n) is 8.24. The molecule has 3 aromatic rings. The maximum absolute atomic E-state index is 13.7. The summed E-state index contributed by atoms with van der Waals surface area (Å²) in [6, 6.07) is 13.0. The number of aryl methyl sites for hydroxylation is 1. The number of amides is 1. The molecule has 33 heavy (non-hydrogen) atoms. The summed E-state index contributed by atoms with van der Waals surface area (Å²) in [6.45, 7) is 5.25. The number of likely N-dealkylation sites (N-methyl/N-ethyl adjacent to an activating group) is 1. The van der Waals surface area contributed by atoms with E-state index in [0.717, 1.165) is 25.0 Å². The molecule has 1 atom stereocenters. The lowest BCUT2D eigenvalue weighted by atomic mass is 10.1. The van der Waals surface area contributed by atoms with Crippen LogP contribution >= 0.6 is 0 Å². The van der Waals surface area contributed by atoms with E-state index in [1.165, 1.54) is 0 Å². The number of hydrogen-bond donors (Lipinski definition) is 1. The van der Waals surface area contributed by atoms with Crippen molar-refractivity contribution in [2.75, 3.05) is 30.2 Å². The number of ether oxygens (including phenoxy) is 1. The van der Waals surface area contributed by atoms with Gasteiger partial charge in [0, 0.05) is 32.3 Å². The number of aromatic nitrogens is 2. The Labute approximate surface area is 194 Å². The lowest BCUT2D eigenvalue weighted by Crippen LogP contribution is -2.37. The molecule has 1 aromatic heterocycles. The SMILES string of the molecule is CCN(C[C@H]1CCCO1)C(=O)c1cc(NS(=O)(=O)CC)cc2nc(-c3ccccc3)n(C)c12. The van der Waals surface area contributed by atoms with E-state index in [1.807, 2.05) is 48.9 Å². The fraction of sp³-hybridized carbons (Fsp3) is 0.417. The molecule has 1 amide bonds. The summed E-state index contributed by atoms with van der Waals surface area (Å²) in [4.78, 5) is 20.2. The summed E-state index contributed by atoms with van der Waals surface area (Å²) in [5, 5.41) is 0. The number of benzene rings is 2. The molecule has 1 aliphatic rings. The van der Waals surface area contributed by atoms with Gasteiger partial charge in [-0.1, -0.05) is 30.3 Å². The second kappa shape index (κ2) is 9.52. The largest absolute Gasteiger partial charge is 0.376 e. The summed E-state index contributed by atoms with van der Waals surface area (Å²) < 4.78 is 34.7. The van der Waals surface area contributed by atoms with Gasteiger partial charge in [-0.3, -0.25) is 9.52 Å². The first-order valence-corrected chi connectivity index (χ1v) is 13.0. The number of sulfonamides is 1. The molecule has 1 aliphatic heterocycles. The van der Waals surface area contributed by atoms with E-state index in [-0.39, 0.29) is 17.8 Å². The summed E-state index contributed by atoms with van der Waals surface area (Å²) in [5.74, 6) is 0.474. The number of carbonyl (C=O) groups is 1. The highest BCUT2D eigenvalue weighted by atomic mass is 32.2. The molecule has 0 spiro atoms. The topological polar surface area (TPSA) is 93.5 Å². The zero-order valence-electron chi connectivity index (χ0n) is 19.2. The summed E-state index contributed by atoms with van der Waals surface area (Å²) in [6.07, 6.45) is 1.95. The molecular weight excluding hydrogens is 440 g/mol. The third kappa shape index (κ3) is 4.89. The minimum Gasteiger partial charge on any atom is -0.376 e. The number of imidazole rings is 1. The Kier molecular flexibility index (Phi) is 6.71. The summed E-state index contributed by atoms with van der Waals surface area (Å²) >= 11 is 0. The van der Waals surface area contributed by atoms with Crippen LogP contribution in [0.25, 0.3) is 22.4 Å². The average Bonchev–Trinajstić information content (AvgIpc) is 3.44. The molecule has 0 unspecified atom stereocenters. The molecule has 0 radical (unpaired) electrons. The lowest BCUT2D eigenvalue weighted by molar-refractivity contribution is 0.0540. The van der Waals surface area contributed by atoms with Crippen molar-refractivity contribution in [2.24, 2.45) is 7.05 Å². The van der Waals surface area contributed by atoms with Crippen molar-refractivity contribution in [1.29, 1.82) is 0 Å². The van der Waals surface area contributed by atoms with Crippen LogP contribution in [0.4, 0.5) is 5.69 Å². The average molecular weight is 471 g/mol. The van der Waals surface area contributed by atoms with E-state index in [1.54, 1.807) is 24.0 Å². The van der Waals surface area contributed by atoms with Gasteiger partial charge in [-0.15, -0.1) is 0 Å². The van der Waals surface area contributed by atoms with Crippen LogP contribution in [0.2, 0.25) is 0 Å². The third-order valence-corrected chi connectivity index (χ3v) is 7.31. The molecule has 4 rings (SSSR count). The maximum Gasteiger partial charge on any atom is 0.256 e. The van der Waals surface area contributed by atoms with Crippen molar-refractivity contribution in [3.8, 4) is 11.4 Å². The van der Waals surface area contributed by atoms with Crippen LogP contribution in [0, 0.1) is 0 Å². The number of rotatable bonds is 8. The molecule has 0 saturated carbocycles. The van der Waals surface area contributed by atoms with Crippen LogP contribution in [0.15, 0.2) is 42.5 Å². The van der Waals surface area contributed by atoms with Crippen LogP contribution in [0.5, 0.6) is 0 Å². The van der Waals surface area contributed by atoms with E-state index in [2.05, 4.69) is 4.72 Å². The third-order valence-electron chi connectivity index (χ3n) is 6.00. The number of anilines is 1. The van der Waals surface area contributed by atoms with Crippen LogP contribution in [0.3, 0.4) is 0 Å². The van der Waals surface area contributed by atoms with E-state index in [4.69, 9.17) is 9.72 Å². The van der Waals surface area contributed by atoms with Crippen LogP contribution < -0.4 is 4.72 Å². The van der Waals surface area contributed by atoms with Crippen molar-refractivity contribution in [3.63, 3.8) is 0 Å². The van der Waals surface area contributed by atoms with Crippen molar-refractivity contribution in [3.05, 3.63) is 48.0 Å². The molecule has 0 bridgehead atoms. The minimum absolute atomic E-state index is 0.0255. The van der Waals surface area contributed by atoms with Gasteiger partial charge in [0.15, 0.2) is 0 Å². The van der Waals surface area contributed by atoms with Crippen molar-refractivity contribution >= 4 is 32.7 Å². The Morgan fingerprint density at radius 1 is 1.24 bits per heavy atom. The number of hydrogen-bond acceptors (Lipinski definition) is 5. The van der Waals surface area contributed by atoms with Crippen molar-refractivity contribution in [2.45, 2.75) is 32.8 Å². The standard InChI is InChI=1S/C24H30N4O4S/c1-4-28(16-19-12-9-13-32-19)24(29)20-14-18(26-33(30,31)5-2)15-21-22(20)27(3)23(25-21)17-10-7-6-8-11-17/h6-8,10-11,14-15,19,26H,4-5,9,12-13,16H2,1-3H3/t19-/m1/s1. The molecular formula is C24H30N4O4S. The van der Waals surface area contributed by atoms with Gasteiger partial charge in [-0.05, 0) is 38.8 Å².